The molecule has 138 valence electrons. The lowest BCUT2D eigenvalue weighted by molar-refractivity contribution is 0.264. The van der Waals surface area contributed by atoms with Crippen LogP contribution >= 0.6 is 0 Å². The van der Waals surface area contributed by atoms with Gasteiger partial charge >= 0.3 is 0 Å². The smallest absolute Gasteiger partial charge is 0.204 e. The second-order valence-electron chi connectivity index (χ2n) is 5.88. The van der Waals surface area contributed by atoms with Crippen molar-refractivity contribution in [2.75, 3.05) is 6.61 Å². The third-order valence-corrected chi connectivity index (χ3v) is 4.16. The molecule has 0 aliphatic heterocycles. The summed E-state index contributed by atoms with van der Waals surface area (Å²) in [6, 6.07) is 6.45. The van der Waals surface area contributed by atoms with Gasteiger partial charge in [-0.1, -0.05) is 13.3 Å². The van der Waals surface area contributed by atoms with Crippen molar-refractivity contribution < 1.29 is 22.3 Å². The monoisotopic (exact) mass is 366 g/mol. The number of aromatic nitrogens is 2. The van der Waals surface area contributed by atoms with E-state index in [0.29, 0.717) is 24.2 Å². The van der Waals surface area contributed by atoms with Crippen LogP contribution in [0.5, 0.6) is 5.75 Å². The van der Waals surface area contributed by atoms with Gasteiger partial charge in [-0.2, -0.15) is 8.78 Å². The topological polar surface area (TPSA) is 40.8 Å². The van der Waals surface area contributed by atoms with Crippen LogP contribution in [0.4, 0.5) is 17.6 Å². The number of nitrogens with one attached hydrogen (secondary N) is 2. The molecule has 0 spiro atoms. The van der Waals surface area contributed by atoms with Crippen LogP contribution in [0.15, 0.2) is 36.7 Å². The molecule has 0 atom stereocenters. The fourth-order valence-corrected chi connectivity index (χ4v) is 2.85. The van der Waals surface area contributed by atoms with Crippen molar-refractivity contribution in [3.63, 3.8) is 0 Å². The Labute approximate surface area is 148 Å². The molecule has 2 aromatic heterocycles. The van der Waals surface area contributed by atoms with Crippen LogP contribution in [0.3, 0.4) is 0 Å². The Morgan fingerprint density at radius 3 is 1.85 bits per heavy atom. The van der Waals surface area contributed by atoms with Crippen molar-refractivity contribution in [3.05, 3.63) is 76.9 Å². The summed E-state index contributed by atoms with van der Waals surface area (Å²) >= 11 is 0. The van der Waals surface area contributed by atoms with Crippen LogP contribution in [0.2, 0.25) is 0 Å². The Morgan fingerprint density at radius 2 is 1.42 bits per heavy atom. The van der Waals surface area contributed by atoms with E-state index in [9.17, 15) is 17.6 Å². The third kappa shape index (κ3) is 3.21. The molecule has 3 aromatic rings. The van der Waals surface area contributed by atoms with Gasteiger partial charge in [-0.25, -0.2) is 8.78 Å². The van der Waals surface area contributed by atoms with Crippen molar-refractivity contribution in [1.29, 1.82) is 0 Å². The van der Waals surface area contributed by atoms with Gasteiger partial charge in [0.05, 0.1) is 12.5 Å². The molecular weight excluding hydrogens is 348 g/mol. The van der Waals surface area contributed by atoms with Gasteiger partial charge in [0.1, 0.15) is 0 Å². The van der Waals surface area contributed by atoms with Crippen LogP contribution in [0.1, 0.15) is 42.6 Å². The van der Waals surface area contributed by atoms with E-state index in [-0.39, 0.29) is 6.61 Å². The predicted octanol–water partition coefficient (Wildman–Crippen LogP) is 5.26. The molecule has 0 unspecified atom stereocenters. The highest BCUT2D eigenvalue weighted by molar-refractivity contribution is 5.44. The first-order valence-corrected chi connectivity index (χ1v) is 8.31. The minimum absolute atomic E-state index is 0.0285. The maximum atomic E-state index is 14.8. The highest BCUT2D eigenvalue weighted by Gasteiger charge is 2.33. The molecule has 7 heteroatoms. The van der Waals surface area contributed by atoms with E-state index in [2.05, 4.69) is 9.97 Å². The average molecular weight is 366 g/mol. The number of benzene rings is 1. The molecule has 0 aliphatic carbocycles. The highest BCUT2D eigenvalue weighted by Crippen LogP contribution is 2.39. The summed E-state index contributed by atoms with van der Waals surface area (Å²) in [7, 11) is 0. The molecule has 3 rings (SSSR count). The van der Waals surface area contributed by atoms with Crippen molar-refractivity contribution in [2.45, 2.75) is 25.7 Å². The summed E-state index contributed by atoms with van der Waals surface area (Å²) in [4.78, 5) is 5.69. The lowest BCUT2D eigenvalue weighted by Gasteiger charge is -2.19. The molecule has 26 heavy (non-hydrogen) atoms. The zero-order valence-electron chi connectivity index (χ0n) is 14.1. The van der Waals surface area contributed by atoms with Gasteiger partial charge in [-0.15, -0.1) is 0 Å². The number of hydrogen-bond donors (Lipinski definition) is 2. The minimum Gasteiger partial charge on any atom is -0.487 e. The Kier molecular flexibility index (Phi) is 5.35. The number of ether oxygens (including phenoxy) is 1. The lowest BCUT2D eigenvalue weighted by Crippen LogP contribution is -2.14. The first-order valence-electron chi connectivity index (χ1n) is 8.31. The molecule has 0 saturated heterocycles. The first-order chi connectivity index (χ1) is 12.6. The van der Waals surface area contributed by atoms with E-state index in [0.717, 1.165) is 0 Å². The molecule has 2 heterocycles. The Morgan fingerprint density at radius 1 is 0.885 bits per heavy atom. The van der Waals surface area contributed by atoms with Crippen molar-refractivity contribution in [1.82, 2.24) is 9.97 Å². The molecular formula is C19H18F4N2O. The van der Waals surface area contributed by atoms with Crippen LogP contribution in [0.25, 0.3) is 0 Å². The van der Waals surface area contributed by atoms with E-state index in [1.807, 2.05) is 6.92 Å². The van der Waals surface area contributed by atoms with Gasteiger partial charge in [0.15, 0.2) is 17.4 Å². The summed E-state index contributed by atoms with van der Waals surface area (Å²) in [5.41, 5.74) is 0.0696. The Hall–Kier alpha value is -2.70. The molecule has 2 N–H and O–H groups in total. The molecule has 1 aromatic carbocycles. The number of hydrogen-bond acceptors (Lipinski definition) is 1. The third-order valence-electron chi connectivity index (χ3n) is 4.16. The maximum Gasteiger partial charge on any atom is 0.204 e. The van der Waals surface area contributed by atoms with E-state index in [4.69, 9.17) is 4.74 Å². The summed E-state index contributed by atoms with van der Waals surface area (Å²) in [6.45, 7) is 1.83. The van der Waals surface area contributed by atoms with Gasteiger partial charge in [0.25, 0.3) is 0 Å². The molecule has 0 radical (unpaired) electrons. The molecule has 3 nitrogen and oxygen atoms in total. The molecule has 0 saturated carbocycles. The first kappa shape index (κ1) is 18.1. The van der Waals surface area contributed by atoms with Gasteiger partial charge in [0.2, 0.25) is 11.6 Å². The largest absolute Gasteiger partial charge is 0.487 e. The number of unbranched alkanes of at least 4 members (excludes halogenated alkanes) is 1. The zero-order chi connectivity index (χ0) is 18.7. The summed E-state index contributed by atoms with van der Waals surface area (Å²) < 4.78 is 63.3. The number of aromatic amines is 2. The molecule has 0 bridgehead atoms. The van der Waals surface area contributed by atoms with Crippen LogP contribution in [-0.2, 0) is 0 Å². The minimum atomic E-state index is -1.53. The maximum absolute atomic E-state index is 14.8. The van der Waals surface area contributed by atoms with Crippen molar-refractivity contribution in [3.8, 4) is 5.75 Å². The normalized spacial score (nSPS) is 11.3. The number of rotatable bonds is 7. The van der Waals surface area contributed by atoms with Crippen LogP contribution in [0, 0.1) is 23.3 Å². The van der Waals surface area contributed by atoms with Gasteiger partial charge in [-0.3, -0.25) is 0 Å². The molecule has 0 amide bonds. The van der Waals surface area contributed by atoms with Crippen molar-refractivity contribution in [2.24, 2.45) is 0 Å². The van der Waals surface area contributed by atoms with Gasteiger partial charge in [0, 0.05) is 29.3 Å². The van der Waals surface area contributed by atoms with E-state index < -0.39 is 40.5 Å². The van der Waals surface area contributed by atoms with Gasteiger partial charge < -0.3 is 14.7 Å². The second kappa shape index (κ2) is 7.68. The fourth-order valence-electron chi connectivity index (χ4n) is 2.85. The predicted molar refractivity (Wildman–Crippen MR) is 89.2 cm³/mol. The van der Waals surface area contributed by atoms with Crippen LogP contribution in [-0.4, -0.2) is 16.6 Å². The summed E-state index contributed by atoms with van der Waals surface area (Å²) in [6.07, 6.45) is 4.36. The number of H-pyrrole nitrogens is 2. The SMILES string of the molecule is CCCCOc1c(F)c(F)c(C(c2ccc[nH]2)c2ccc[nH]2)c(F)c1F. The number of halogens is 4. The van der Waals surface area contributed by atoms with Crippen molar-refractivity contribution >= 4 is 0 Å². The summed E-state index contributed by atoms with van der Waals surface area (Å²) in [5.74, 6) is -8.08. The summed E-state index contributed by atoms with van der Waals surface area (Å²) in [5, 5.41) is 0. The van der Waals surface area contributed by atoms with Gasteiger partial charge in [-0.05, 0) is 30.7 Å². The average Bonchev–Trinajstić information content (AvgIpc) is 3.34. The second-order valence-corrected chi connectivity index (χ2v) is 5.88. The zero-order valence-corrected chi connectivity index (χ0v) is 14.1. The van der Waals surface area contributed by atoms with Crippen LogP contribution < -0.4 is 4.74 Å². The molecule has 0 aliphatic rings. The Bertz CT molecular complexity index is 797. The van der Waals surface area contributed by atoms with E-state index in [1.165, 1.54) is 0 Å². The Balaban J connectivity index is 2.14. The standard InChI is InChI=1S/C19H18F4N2O/c1-2-3-10-26-19-17(22)15(20)14(16(21)18(19)23)13(11-6-4-8-24-11)12-7-5-9-25-12/h4-9,13,24-25H,2-3,10H2,1H3. The molecule has 0 fully saturated rings. The lowest BCUT2D eigenvalue weighted by atomic mass is 9.91. The fraction of sp³-hybridized carbons (Fsp3) is 0.263. The quantitative estimate of drug-likeness (QED) is 0.334. The highest BCUT2D eigenvalue weighted by atomic mass is 19.2. The van der Waals surface area contributed by atoms with E-state index in [1.54, 1.807) is 36.7 Å². The van der Waals surface area contributed by atoms with E-state index >= 15 is 0 Å².